The highest BCUT2D eigenvalue weighted by Crippen LogP contribution is 2.30. The van der Waals surface area contributed by atoms with Crippen molar-refractivity contribution in [3.05, 3.63) is 107 Å². The number of benzene rings is 1. The molecule has 0 radical (unpaired) electrons. The SMILES string of the molecule is C=CC(C)C(C)/C(=C\C(=C)C)N1CCCN(c2ccc(C)c(N=Cc3c4cccccc-4[nH]c3=O)c2)CC1. The van der Waals surface area contributed by atoms with E-state index < -0.39 is 0 Å². The second kappa shape index (κ2) is 12.1. The minimum atomic E-state index is -0.116. The summed E-state index contributed by atoms with van der Waals surface area (Å²) in [6.07, 6.45) is 7.06. The fraction of sp³-hybridized carbons (Fsp3) is 0.333. The molecule has 0 saturated carbocycles. The number of aryl methyl sites for hydroxylation is 1. The van der Waals surface area contributed by atoms with Crippen molar-refractivity contribution in [1.29, 1.82) is 0 Å². The Morgan fingerprint density at radius 2 is 1.87 bits per heavy atom. The first-order valence-electron chi connectivity index (χ1n) is 13.5. The monoisotopic (exact) mass is 508 g/mol. The minimum Gasteiger partial charge on any atom is -0.373 e. The summed E-state index contributed by atoms with van der Waals surface area (Å²) in [6.45, 7) is 20.7. The van der Waals surface area contributed by atoms with E-state index in [0.29, 0.717) is 17.4 Å². The van der Waals surface area contributed by atoms with Gasteiger partial charge >= 0.3 is 0 Å². The Morgan fingerprint density at radius 1 is 1.08 bits per heavy atom. The fourth-order valence-corrected chi connectivity index (χ4v) is 5.07. The van der Waals surface area contributed by atoms with Crippen molar-refractivity contribution in [2.45, 2.75) is 34.1 Å². The van der Waals surface area contributed by atoms with Gasteiger partial charge in [0.25, 0.3) is 5.56 Å². The summed E-state index contributed by atoms with van der Waals surface area (Å²) in [5.74, 6) is 0.778. The number of anilines is 1. The molecule has 2 unspecified atom stereocenters. The van der Waals surface area contributed by atoms with Gasteiger partial charge in [-0.2, -0.15) is 0 Å². The van der Waals surface area contributed by atoms with Crippen LogP contribution in [0.15, 0.2) is 94.9 Å². The maximum absolute atomic E-state index is 12.6. The first-order chi connectivity index (χ1) is 18.3. The molecule has 2 aliphatic heterocycles. The lowest BCUT2D eigenvalue weighted by atomic mass is 9.91. The molecular weight excluding hydrogens is 468 g/mol. The lowest BCUT2D eigenvalue weighted by Crippen LogP contribution is -2.33. The molecule has 5 heteroatoms. The summed E-state index contributed by atoms with van der Waals surface area (Å²) in [4.78, 5) is 25.3. The second-order valence-electron chi connectivity index (χ2n) is 10.5. The molecule has 0 bridgehead atoms. The summed E-state index contributed by atoms with van der Waals surface area (Å²) in [5, 5.41) is 0. The van der Waals surface area contributed by atoms with Gasteiger partial charge in [-0.3, -0.25) is 9.79 Å². The molecule has 1 aromatic rings. The number of aromatic amines is 1. The van der Waals surface area contributed by atoms with Crippen molar-refractivity contribution >= 4 is 17.6 Å². The standard InChI is InChI=1S/C33H40N4O/c1-7-24(4)26(6)32(20-23(2)3)37-17-11-16-36(18-19-37)27-15-14-25(5)31(21-27)34-22-29-28-12-9-8-10-13-30(28)35-33(29)38/h7-10,12-15,20-22,24,26H,1-2,11,16-19H2,3-6H3,(H,35,38)/b32-20+,34-22?. The van der Waals surface area contributed by atoms with Crippen LogP contribution in [0.2, 0.25) is 0 Å². The topological polar surface area (TPSA) is 51.7 Å². The Morgan fingerprint density at radius 3 is 2.63 bits per heavy atom. The van der Waals surface area contributed by atoms with Gasteiger partial charge in [-0.1, -0.05) is 62.4 Å². The number of H-pyrrole nitrogens is 1. The van der Waals surface area contributed by atoms with Crippen LogP contribution in [0.3, 0.4) is 0 Å². The largest absolute Gasteiger partial charge is 0.373 e. The van der Waals surface area contributed by atoms with E-state index in [1.54, 1.807) is 6.21 Å². The van der Waals surface area contributed by atoms with E-state index in [1.165, 1.54) is 5.70 Å². The average Bonchev–Trinajstić information content (AvgIpc) is 3.11. The van der Waals surface area contributed by atoms with Gasteiger partial charge in [-0.15, -0.1) is 6.58 Å². The Labute approximate surface area is 227 Å². The molecule has 1 N–H and O–H groups in total. The van der Waals surface area contributed by atoms with Crippen LogP contribution in [0, 0.1) is 18.8 Å². The van der Waals surface area contributed by atoms with E-state index in [2.05, 4.69) is 79.9 Å². The molecule has 4 rings (SSSR count). The van der Waals surface area contributed by atoms with E-state index in [0.717, 1.165) is 66.4 Å². The zero-order chi connectivity index (χ0) is 27.2. The van der Waals surface area contributed by atoms with E-state index in [-0.39, 0.29) is 5.56 Å². The highest BCUT2D eigenvalue weighted by Gasteiger charge is 2.23. The van der Waals surface area contributed by atoms with Gasteiger partial charge < -0.3 is 14.8 Å². The smallest absolute Gasteiger partial charge is 0.257 e. The van der Waals surface area contributed by atoms with Crippen LogP contribution in [0.5, 0.6) is 0 Å². The minimum absolute atomic E-state index is 0.116. The van der Waals surface area contributed by atoms with Gasteiger partial charge in [0.15, 0.2) is 0 Å². The molecule has 38 heavy (non-hydrogen) atoms. The molecule has 1 fully saturated rings. The average molecular weight is 509 g/mol. The third-order valence-corrected chi connectivity index (χ3v) is 7.59. The van der Waals surface area contributed by atoms with Crippen molar-refractivity contribution in [3.63, 3.8) is 0 Å². The van der Waals surface area contributed by atoms with Crippen LogP contribution in [-0.4, -0.2) is 42.3 Å². The Hall–Kier alpha value is -3.86. The maximum atomic E-state index is 12.6. The van der Waals surface area contributed by atoms with E-state index in [1.807, 2.05) is 36.4 Å². The lowest BCUT2D eigenvalue weighted by molar-refractivity contribution is 0.305. The molecule has 1 saturated heterocycles. The van der Waals surface area contributed by atoms with E-state index in [9.17, 15) is 4.79 Å². The third-order valence-electron chi connectivity index (χ3n) is 7.59. The van der Waals surface area contributed by atoms with Crippen molar-refractivity contribution in [1.82, 2.24) is 9.88 Å². The number of fused-ring (bicyclic) bond motifs is 1. The number of allylic oxidation sites excluding steroid dienone is 4. The molecule has 2 heterocycles. The van der Waals surface area contributed by atoms with Crippen LogP contribution in [0.25, 0.3) is 11.3 Å². The Bertz CT molecular complexity index is 1380. The van der Waals surface area contributed by atoms with E-state index >= 15 is 0 Å². The quantitative estimate of drug-likeness (QED) is 0.203. The Balaban J connectivity index is 1.55. The third kappa shape index (κ3) is 6.16. The maximum Gasteiger partial charge on any atom is 0.257 e. The molecule has 5 nitrogen and oxygen atoms in total. The van der Waals surface area contributed by atoms with Gasteiger partial charge in [-0.25, -0.2) is 0 Å². The second-order valence-corrected chi connectivity index (χ2v) is 10.5. The first kappa shape index (κ1) is 27.2. The van der Waals surface area contributed by atoms with Crippen molar-refractivity contribution in [3.8, 4) is 11.3 Å². The fourth-order valence-electron chi connectivity index (χ4n) is 5.07. The highest BCUT2D eigenvalue weighted by atomic mass is 16.1. The number of aliphatic imine (C=N–C) groups is 1. The molecule has 0 aromatic heterocycles. The summed E-state index contributed by atoms with van der Waals surface area (Å²) in [6, 6.07) is 16.1. The molecule has 0 amide bonds. The number of hydrogen-bond donors (Lipinski definition) is 1. The van der Waals surface area contributed by atoms with Crippen molar-refractivity contribution in [2.24, 2.45) is 16.8 Å². The van der Waals surface area contributed by atoms with Gasteiger partial charge in [0.1, 0.15) is 0 Å². The number of nitrogens with one attached hydrogen (secondary N) is 1. The van der Waals surface area contributed by atoms with Crippen LogP contribution in [0.4, 0.5) is 11.4 Å². The first-order valence-corrected chi connectivity index (χ1v) is 13.5. The number of hydrogen-bond acceptors (Lipinski definition) is 4. The van der Waals surface area contributed by atoms with E-state index in [4.69, 9.17) is 4.99 Å². The van der Waals surface area contributed by atoms with Crippen LogP contribution in [0.1, 0.15) is 38.3 Å². The summed E-state index contributed by atoms with van der Waals surface area (Å²) >= 11 is 0. The molecular formula is C33H40N4O. The van der Waals surface area contributed by atoms with Gasteiger partial charge in [0.05, 0.1) is 11.3 Å². The normalized spacial score (nSPS) is 16.5. The van der Waals surface area contributed by atoms with Gasteiger partial charge in [-0.05, 0) is 56.0 Å². The zero-order valence-electron chi connectivity index (χ0n) is 23.2. The molecule has 3 aliphatic rings. The number of aromatic nitrogens is 1. The number of rotatable bonds is 8. The lowest BCUT2D eigenvalue weighted by Gasteiger charge is -2.32. The zero-order valence-corrected chi connectivity index (χ0v) is 23.2. The molecule has 0 spiro atoms. The van der Waals surface area contributed by atoms with Gasteiger partial charge in [0.2, 0.25) is 0 Å². The van der Waals surface area contributed by atoms with Crippen molar-refractivity contribution < 1.29 is 0 Å². The summed E-state index contributed by atoms with van der Waals surface area (Å²) < 4.78 is 0. The predicted molar refractivity (Wildman–Crippen MR) is 162 cm³/mol. The van der Waals surface area contributed by atoms with Crippen LogP contribution >= 0.6 is 0 Å². The predicted octanol–water partition coefficient (Wildman–Crippen LogP) is 6.97. The van der Waals surface area contributed by atoms with Crippen LogP contribution in [-0.2, 0) is 0 Å². The molecule has 1 aromatic carbocycles. The number of nitrogens with zero attached hydrogens (tertiary/aromatic N) is 3. The molecule has 1 aliphatic carbocycles. The summed E-state index contributed by atoms with van der Waals surface area (Å²) in [7, 11) is 0. The highest BCUT2D eigenvalue weighted by molar-refractivity contribution is 5.91. The van der Waals surface area contributed by atoms with Crippen LogP contribution < -0.4 is 10.5 Å². The van der Waals surface area contributed by atoms with Crippen molar-refractivity contribution in [2.75, 3.05) is 31.1 Å². The molecule has 198 valence electrons. The Kier molecular flexibility index (Phi) is 8.67. The van der Waals surface area contributed by atoms with Gasteiger partial charge in [0, 0.05) is 61.0 Å². The summed E-state index contributed by atoms with van der Waals surface area (Å²) in [5.41, 5.74) is 7.72. The molecule has 2 atom stereocenters.